The lowest BCUT2D eigenvalue weighted by atomic mass is 10.1. The monoisotopic (exact) mass is 410 g/mol. The van der Waals surface area contributed by atoms with Crippen molar-refractivity contribution in [2.24, 2.45) is 0 Å². The number of esters is 1. The molecule has 0 aliphatic carbocycles. The molecule has 1 N–H and O–H groups in total. The van der Waals surface area contributed by atoms with Gasteiger partial charge in [-0.3, -0.25) is 4.79 Å². The molecule has 0 unspecified atom stereocenters. The van der Waals surface area contributed by atoms with E-state index in [9.17, 15) is 9.59 Å². The highest BCUT2D eigenvalue weighted by Crippen LogP contribution is 2.33. The molecule has 0 atom stereocenters. The van der Waals surface area contributed by atoms with Crippen LogP contribution < -0.4 is 5.32 Å². The fourth-order valence-electron chi connectivity index (χ4n) is 2.50. The molecule has 1 amide bonds. The number of carbonyl (C=O) groups excluding carboxylic acids is 2. The molecule has 0 fully saturated rings. The predicted molar refractivity (Wildman–Crippen MR) is 109 cm³/mol. The van der Waals surface area contributed by atoms with E-state index in [4.69, 9.17) is 4.74 Å². The molecule has 0 bridgehead atoms. The molecule has 0 aliphatic heterocycles. The fourth-order valence-corrected chi connectivity index (χ4v) is 4.30. The first-order chi connectivity index (χ1) is 13.0. The maximum Gasteiger partial charge on any atom is 0.341 e. The summed E-state index contributed by atoms with van der Waals surface area (Å²) in [6, 6.07) is 0. The van der Waals surface area contributed by atoms with Crippen LogP contribution in [0.4, 0.5) is 5.00 Å². The molecule has 0 saturated carbocycles. The smallest absolute Gasteiger partial charge is 0.341 e. The highest BCUT2D eigenvalue weighted by atomic mass is 32.2. The van der Waals surface area contributed by atoms with Crippen molar-refractivity contribution >= 4 is 40.0 Å². The average Bonchev–Trinajstić information content (AvgIpc) is 3.18. The summed E-state index contributed by atoms with van der Waals surface area (Å²) in [6.07, 6.45) is 5.05. The molecule has 7 nitrogen and oxygen atoms in total. The van der Waals surface area contributed by atoms with E-state index in [2.05, 4.69) is 22.4 Å². The van der Waals surface area contributed by atoms with Crippen molar-refractivity contribution in [3.8, 4) is 0 Å². The van der Waals surface area contributed by atoms with E-state index in [-0.39, 0.29) is 11.7 Å². The highest BCUT2D eigenvalue weighted by Gasteiger charge is 2.22. The van der Waals surface area contributed by atoms with Crippen LogP contribution in [0.15, 0.2) is 11.5 Å². The minimum Gasteiger partial charge on any atom is -0.462 e. The third-order valence-corrected chi connectivity index (χ3v) is 6.14. The van der Waals surface area contributed by atoms with Gasteiger partial charge in [-0.25, -0.2) is 4.79 Å². The van der Waals surface area contributed by atoms with Gasteiger partial charge in [0.2, 0.25) is 5.91 Å². The van der Waals surface area contributed by atoms with Crippen LogP contribution in [0, 0.1) is 13.8 Å². The Morgan fingerprint density at radius 3 is 2.78 bits per heavy atom. The largest absolute Gasteiger partial charge is 0.462 e. The van der Waals surface area contributed by atoms with Crippen LogP contribution in [0.1, 0.15) is 53.9 Å². The van der Waals surface area contributed by atoms with Crippen molar-refractivity contribution in [2.75, 3.05) is 17.7 Å². The topological polar surface area (TPSA) is 86.1 Å². The lowest BCUT2D eigenvalue weighted by Gasteiger charge is -2.08. The van der Waals surface area contributed by atoms with Gasteiger partial charge in [-0.2, -0.15) is 0 Å². The molecule has 0 spiro atoms. The quantitative estimate of drug-likeness (QED) is 0.361. The Hall–Kier alpha value is -1.87. The molecule has 2 rings (SSSR count). The van der Waals surface area contributed by atoms with Gasteiger partial charge in [0.05, 0.1) is 17.9 Å². The van der Waals surface area contributed by atoms with E-state index in [1.54, 1.807) is 13.3 Å². The van der Waals surface area contributed by atoms with E-state index in [1.807, 2.05) is 18.4 Å². The molecule has 2 heterocycles. The fraction of sp³-hybridized carbons (Fsp3) is 0.556. The number of aromatic nitrogens is 3. The molecule has 2 aromatic heterocycles. The van der Waals surface area contributed by atoms with Crippen molar-refractivity contribution in [3.05, 3.63) is 22.3 Å². The van der Waals surface area contributed by atoms with Crippen LogP contribution in [0.3, 0.4) is 0 Å². The summed E-state index contributed by atoms with van der Waals surface area (Å²) in [7, 11) is 0. The number of thiophene rings is 1. The van der Waals surface area contributed by atoms with Crippen LogP contribution in [-0.2, 0) is 16.1 Å². The van der Waals surface area contributed by atoms with Crippen LogP contribution >= 0.6 is 23.1 Å². The number of unbranched alkanes of at least 4 members (excludes halogenated alkanes) is 2. The molecule has 27 heavy (non-hydrogen) atoms. The lowest BCUT2D eigenvalue weighted by molar-refractivity contribution is -0.113. The number of rotatable bonds is 10. The second-order valence-corrected chi connectivity index (χ2v) is 8.23. The number of amides is 1. The molecular weight excluding hydrogens is 384 g/mol. The minimum atomic E-state index is -0.405. The van der Waals surface area contributed by atoms with Gasteiger partial charge in [-0.1, -0.05) is 31.5 Å². The van der Waals surface area contributed by atoms with Gasteiger partial charge in [0.25, 0.3) is 0 Å². The number of anilines is 1. The van der Waals surface area contributed by atoms with Gasteiger partial charge in [0.1, 0.15) is 11.3 Å². The molecule has 0 saturated heterocycles. The molecule has 148 valence electrons. The second kappa shape index (κ2) is 10.5. The number of hydrogen-bond acceptors (Lipinski definition) is 7. The van der Waals surface area contributed by atoms with Crippen LogP contribution in [-0.4, -0.2) is 39.0 Å². The van der Waals surface area contributed by atoms with Crippen molar-refractivity contribution in [1.82, 2.24) is 14.8 Å². The Labute approximate surface area is 167 Å². The predicted octanol–water partition coefficient (Wildman–Crippen LogP) is 4.05. The average molecular weight is 411 g/mol. The minimum absolute atomic E-state index is 0.185. The van der Waals surface area contributed by atoms with Gasteiger partial charge in [0.15, 0.2) is 5.16 Å². The number of thioether (sulfide) groups is 1. The Bertz CT molecular complexity index is 786. The Balaban J connectivity index is 1.98. The number of ether oxygens (including phenoxy) is 1. The van der Waals surface area contributed by atoms with E-state index < -0.39 is 5.97 Å². The molecular formula is C18H26N4O3S2. The van der Waals surface area contributed by atoms with Gasteiger partial charge >= 0.3 is 5.97 Å². The molecule has 0 radical (unpaired) electrons. The maximum atomic E-state index is 12.4. The number of nitrogens with zero attached hydrogens (tertiary/aromatic N) is 3. The Kier molecular flexibility index (Phi) is 8.30. The van der Waals surface area contributed by atoms with E-state index in [0.717, 1.165) is 41.4 Å². The SMILES string of the molecule is CCCCCn1cnnc1SCC(=O)Nc1sc(C)c(C)c1C(=O)OCC. The summed E-state index contributed by atoms with van der Waals surface area (Å²) in [5.74, 6) is -0.391. The number of hydrogen-bond donors (Lipinski definition) is 1. The Morgan fingerprint density at radius 1 is 1.30 bits per heavy atom. The summed E-state index contributed by atoms with van der Waals surface area (Å²) < 4.78 is 7.08. The molecule has 9 heteroatoms. The van der Waals surface area contributed by atoms with Crippen LogP contribution in [0.2, 0.25) is 0 Å². The second-order valence-electron chi connectivity index (χ2n) is 6.06. The number of aryl methyl sites for hydroxylation is 2. The zero-order valence-corrected chi connectivity index (χ0v) is 17.8. The van der Waals surface area contributed by atoms with E-state index in [0.29, 0.717) is 17.2 Å². The molecule has 0 aliphatic rings. The van der Waals surface area contributed by atoms with Gasteiger partial charge in [-0.15, -0.1) is 21.5 Å². The van der Waals surface area contributed by atoms with Crippen LogP contribution in [0.25, 0.3) is 0 Å². The summed E-state index contributed by atoms with van der Waals surface area (Å²) in [4.78, 5) is 25.6. The number of carbonyl (C=O) groups is 2. The third kappa shape index (κ3) is 5.80. The van der Waals surface area contributed by atoms with Crippen molar-refractivity contribution < 1.29 is 14.3 Å². The summed E-state index contributed by atoms with van der Waals surface area (Å²) >= 11 is 2.73. The third-order valence-electron chi connectivity index (χ3n) is 4.03. The van der Waals surface area contributed by atoms with E-state index in [1.165, 1.54) is 23.1 Å². The van der Waals surface area contributed by atoms with Gasteiger partial charge < -0.3 is 14.6 Å². The van der Waals surface area contributed by atoms with Crippen LogP contribution in [0.5, 0.6) is 0 Å². The maximum absolute atomic E-state index is 12.4. The van der Waals surface area contributed by atoms with Crippen molar-refractivity contribution in [1.29, 1.82) is 0 Å². The number of nitrogens with one attached hydrogen (secondary N) is 1. The first-order valence-corrected chi connectivity index (χ1v) is 10.9. The zero-order valence-electron chi connectivity index (χ0n) is 16.2. The first kappa shape index (κ1) is 21.4. The summed E-state index contributed by atoms with van der Waals surface area (Å²) in [6.45, 7) is 8.85. The van der Waals surface area contributed by atoms with Gasteiger partial charge in [-0.05, 0) is 32.8 Å². The van der Waals surface area contributed by atoms with Crippen molar-refractivity contribution in [3.63, 3.8) is 0 Å². The summed E-state index contributed by atoms with van der Waals surface area (Å²) in [5, 5.41) is 12.1. The highest BCUT2D eigenvalue weighted by molar-refractivity contribution is 7.99. The lowest BCUT2D eigenvalue weighted by Crippen LogP contribution is -2.17. The van der Waals surface area contributed by atoms with Crippen molar-refractivity contribution in [2.45, 2.75) is 58.7 Å². The van der Waals surface area contributed by atoms with Gasteiger partial charge in [0, 0.05) is 11.4 Å². The molecule has 2 aromatic rings. The molecule has 0 aromatic carbocycles. The standard InChI is InChI=1S/C18H26N4O3S2/c1-5-7-8-9-22-11-19-21-18(22)26-10-14(23)20-16-15(17(24)25-6-2)12(3)13(4)27-16/h11H,5-10H2,1-4H3,(H,20,23). The van der Waals surface area contributed by atoms with E-state index >= 15 is 0 Å². The Morgan fingerprint density at radius 2 is 2.07 bits per heavy atom. The first-order valence-electron chi connectivity index (χ1n) is 9.05. The zero-order chi connectivity index (χ0) is 19.8. The summed E-state index contributed by atoms with van der Waals surface area (Å²) in [5.41, 5.74) is 1.29. The normalized spacial score (nSPS) is 10.8.